The molecule has 2 rings (SSSR count). The molecule has 0 aromatic carbocycles. The molecule has 2 amide bonds. The standard InChI is InChI=1S/C16H24N2O2/c1-2-3-4-8-11-18-12-14(19)17-15(16(18)20)13-9-6-5-7-10-13/h1,13,15H,3-12H2,(H,17,19). The number of rotatable bonds is 5. The molecular weight excluding hydrogens is 252 g/mol. The zero-order chi connectivity index (χ0) is 14.4. The van der Waals surface area contributed by atoms with Crippen LogP contribution in [0.15, 0.2) is 0 Å². The molecule has 4 heteroatoms. The van der Waals surface area contributed by atoms with Gasteiger partial charge in [-0.3, -0.25) is 9.59 Å². The highest BCUT2D eigenvalue weighted by molar-refractivity contribution is 5.95. The Morgan fingerprint density at radius 1 is 1.20 bits per heavy atom. The fourth-order valence-corrected chi connectivity index (χ4v) is 3.23. The maximum Gasteiger partial charge on any atom is 0.245 e. The molecular formula is C16H24N2O2. The van der Waals surface area contributed by atoms with E-state index in [0.717, 1.165) is 32.1 Å². The maximum atomic E-state index is 12.5. The Morgan fingerprint density at radius 3 is 2.65 bits per heavy atom. The lowest BCUT2D eigenvalue weighted by Crippen LogP contribution is -2.60. The van der Waals surface area contributed by atoms with Crippen LogP contribution in [-0.2, 0) is 9.59 Å². The Bertz CT molecular complexity index is 394. The van der Waals surface area contributed by atoms with Crippen LogP contribution in [0.2, 0.25) is 0 Å². The van der Waals surface area contributed by atoms with E-state index >= 15 is 0 Å². The summed E-state index contributed by atoms with van der Waals surface area (Å²) in [6.07, 6.45) is 13.5. The van der Waals surface area contributed by atoms with Crippen LogP contribution in [0.5, 0.6) is 0 Å². The maximum absolute atomic E-state index is 12.5. The molecule has 2 fully saturated rings. The van der Waals surface area contributed by atoms with E-state index in [9.17, 15) is 9.59 Å². The molecule has 110 valence electrons. The Balaban J connectivity index is 1.90. The summed E-state index contributed by atoms with van der Waals surface area (Å²) in [6, 6.07) is -0.288. The van der Waals surface area contributed by atoms with Crippen molar-refractivity contribution in [1.29, 1.82) is 0 Å². The van der Waals surface area contributed by atoms with Gasteiger partial charge in [0, 0.05) is 13.0 Å². The van der Waals surface area contributed by atoms with E-state index in [2.05, 4.69) is 11.2 Å². The van der Waals surface area contributed by atoms with E-state index in [1.165, 1.54) is 19.3 Å². The SMILES string of the molecule is C#CCCCCN1CC(=O)NC(C2CCCCC2)C1=O. The molecule has 4 nitrogen and oxygen atoms in total. The van der Waals surface area contributed by atoms with Gasteiger partial charge in [-0.05, 0) is 31.6 Å². The van der Waals surface area contributed by atoms with Gasteiger partial charge in [0.25, 0.3) is 0 Å². The van der Waals surface area contributed by atoms with E-state index in [-0.39, 0.29) is 24.4 Å². The number of carbonyl (C=O) groups excluding carboxylic acids is 2. The molecule has 20 heavy (non-hydrogen) atoms. The van der Waals surface area contributed by atoms with Gasteiger partial charge in [-0.1, -0.05) is 19.3 Å². The number of hydrogen-bond acceptors (Lipinski definition) is 2. The highest BCUT2D eigenvalue weighted by atomic mass is 16.2. The van der Waals surface area contributed by atoms with Crippen LogP contribution in [-0.4, -0.2) is 35.8 Å². The number of nitrogens with one attached hydrogen (secondary N) is 1. The minimum atomic E-state index is -0.288. The molecule has 1 unspecified atom stereocenters. The van der Waals surface area contributed by atoms with Crippen molar-refractivity contribution in [3.63, 3.8) is 0 Å². The molecule has 0 aromatic heterocycles. The summed E-state index contributed by atoms with van der Waals surface area (Å²) < 4.78 is 0. The second-order valence-electron chi connectivity index (χ2n) is 5.86. The van der Waals surface area contributed by atoms with Gasteiger partial charge in [0.05, 0.1) is 6.54 Å². The molecule has 1 atom stereocenters. The van der Waals surface area contributed by atoms with E-state index in [0.29, 0.717) is 12.5 Å². The van der Waals surface area contributed by atoms with Gasteiger partial charge in [0.2, 0.25) is 11.8 Å². The van der Waals surface area contributed by atoms with Crippen LogP contribution < -0.4 is 5.32 Å². The summed E-state index contributed by atoms with van der Waals surface area (Å²) in [6.45, 7) is 0.856. The number of carbonyl (C=O) groups is 2. The van der Waals surface area contributed by atoms with Gasteiger partial charge in [-0.15, -0.1) is 12.3 Å². The molecule has 2 aliphatic rings. The summed E-state index contributed by atoms with van der Waals surface area (Å²) in [5.41, 5.74) is 0. The van der Waals surface area contributed by atoms with Crippen LogP contribution in [0.3, 0.4) is 0 Å². The number of nitrogens with zero attached hydrogens (tertiary/aromatic N) is 1. The lowest BCUT2D eigenvalue weighted by atomic mass is 9.82. The predicted molar refractivity (Wildman–Crippen MR) is 77.8 cm³/mol. The van der Waals surface area contributed by atoms with Gasteiger partial charge >= 0.3 is 0 Å². The lowest BCUT2D eigenvalue weighted by Gasteiger charge is -2.37. The topological polar surface area (TPSA) is 49.4 Å². The first-order valence-corrected chi connectivity index (χ1v) is 7.74. The highest BCUT2D eigenvalue weighted by Gasteiger charge is 2.37. The largest absolute Gasteiger partial charge is 0.342 e. The molecule has 0 bridgehead atoms. The second kappa shape index (κ2) is 7.33. The fraction of sp³-hybridized carbons (Fsp3) is 0.750. The van der Waals surface area contributed by atoms with Crippen molar-refractivity contribution in [2.24, 2.45) is 5.92 Å². The molecule has 1 N–H and O–H groups in total. The first-order chi connectivity index (χ1) is 9.72. The molecule has 1 heterocycles. The predicted octanol–water partition coefficient (Wildman–Crippen LogP) is 1.70. The van der Waals surface area contributed by atoms with E-state index in [1.807, 2.05) is 0 Å². The fourth-order valence-electron chi connectivity index (χ4n) is 3.23. The minimum Gasteiger partial charge on any atom is -0.342 e. The summed E-state index contributed by atoms with van der Waals surface area (Å²) in [5, 5.41) is 2.90. The number of terminal acetylenes is 1. The monoisotopic (exact) mass is 276 g/mol. The van der Waals surface area contributed by atoms with Crippen molar-refractivity contribution < 1.29 is 9.59 Å². The van der Waals surface area contributed by atoms with Gasteiger partial charge in [0.15, 0.2) is 0 Å². The molecule has 0 aromatic rings. The van der Waals surface area contributed by atoms with Gasteiger partial charge in [0.1, 0.15) is 6.04 Å². The van der Waals surface area contributed by atoms with Crippen molar-refractivity contribution in [3.8, 4) is 12.3 Å². The van der Waals surface area contributed by atoms with Gasteiger partial charge in [-0.2, -0.15) is 0 Å². The average molecular weight is 276 g/mol. The van der Waals surface area contributed by atoms with Gasteiger partial charge < -0.3 is 10.2 Å². The molecule has 1 saturated carbocycles. The minimum absolute atomic E-state index is 0.0166. The lowest BCUT2D eigenvalue weighted by molar-refractivity contribution is -0.146. The molecule has 0 radical (unpaired) electrons. The van der Waals surface area contributed by atoms with Crippen molar-refractivity contribution in [1.82, 2.24) is 10.2 Å². The first kappa shape index (κ1) is 14.9. The van der Waals surface area contributed by atoms with Crippen LogP contribution in [0.4, 0.5) is 0 Å². The third-order valence-electron chi connectivity index (χ3n) is 4.35. The van der Waals surface area contributed by atoms with Crippen molar-refractivity contribution in [2.75, 3.05) is 13.1 Å². The van der Waals surface area contributed by atoms with E-state index in [4.69, 9.17) is 6.42 Å². The van der Waals surface area contributed by atoms with E-state index in [1.54, 1.807) is 4.90 Å². The molecule has 1 saturated heterocycles. The van der Waals surface area contributed by atoms with E-state index < -0.39 is 0 Å². The van der Waals surface area contributed by atoms with Crippen LogP contribution in [0, 0.1) is 18.3 Å². The van der Waals surface area contributed by atoms with Crippen LogP contribution >= 0.6 is 0 Å². The first-order valence-electron chi connectivity index (χ1n) is 7.74. The zero-order valence-electron chi connectivity index (χ0n) is 12.1. The van der Waals surface area contributed by atoms with Crippen molar-refractivity contribution in [3.05, 3.63) is 0 Å². The summed E-state index contributed by atoms with van der Waals surface area (Å²) in [4.78, 5) is 26.0. The number of piperazine rings is 1. The van der Waals surface area contributed by atoms with Crippen molar-refractivity contribution in [2.45, 2.75) is 57.4 Å². The summed E-state index contributed by atoms with van der Waals surface area (Å²) in [7, 11) is 0. The van der Waals surface area contributed by atoms with Crippen molar-refractivity contribution >= 4 is 11.8 Å². The highest BCUT2D eigenvalue weighted by Crippen LogP contribution is 2.28. The Kier molecular flexibility index (Phi) is 5.46. The summed E-state index contributed by atoms with van der Waals surface area (Å²) in [5.74, 6) is 3.02. The average Bonchev–Trinajstić information content (AvgIpc) is 2.47. The summed E-state index contributed by atoms with van der Waals surface area (Å²) >= 11 is 0. The van der Waals surface area contributed by atoms with Crippen LogP contribution in [0.25, 0.3) is 0 Å². The van der Waals surface area contributed by atoms with Crippen LogP contribution in [0.1, 0.15) is 51.4 Å². The number of unbranched alkanes of at least 4 members (excludes halogenated alkanes) is 2. The molecule has 1 aliphatic heterocycles. The number of hydrogen-bond donors (Lipinski definition) is 1. The third kappa shape index (κ3) is 3.75. The molecule has 1 aliphatic carbocycles. The zero-order valence-corrected chi connectivity index (χ0v) is 12.1. The Labute approximate surface area is 121 Å². The third-order valence-corrected chi connectivity index (χ3v) is 4.35. The normalized spacial score (nSPS) is 24.4. The quantitative estimate of drug-likeness (QED) is 0.614. The van der Waals surface area contributed by atoms with Gasteiger partial charge in [-0.25, -0.2) is 0 Å². The molecule has 0 spiro atoms. The Morgan fingerprint density at radius 2 is 1.95 bits per heavy atom. The number of amides is 2. The second-order valence-corrected chi connectivity index (χ2v) is 5.86. The Hall–Kier alpha value is -1.50. The smallest absolute Gasteiger partial charge is 0.245 e.